The number of benzene rings is 2. The summed E-state index contributed by atoms with van der Waals surface area (Å²) in [5, 5.41) is 25.3. The molecule has 27 heavy (non-hydrogen) atoms. The number of carbonyl (C=O) groups is 2. The number of nitrogens with zero attached hydrogens (tertiary/aromatic N) is 1. The molecule has 7 nitrogen and oxygen atoms in total. The highest BCUT2D eigenvalue weighted by molar-refractivity contribution is 5.94. The largest absolute Gasteiger partial charge is 0.508 e. The van der Waals surface area contributed by atoms with E-state index >= 15 is 0 Å². The summed E-state index contributed by atoms with van der Waals surface area (Å²) < 4.78 is 0. The minimum atomic E-state index is -0.736. The molecule has 1 fully saturated rings. The Kier molecular flexibility index (Phi) is 5.93. The van der Waals surface area contributed by atoms with Crippen LogP contribution in [-0.4, -0.2) is 52.3 Å². The first-order valence-electron chi connectivity index (χ1n) is 8.92. The summed E-state index contributed by atoms with van der Waals surface area (Å²) in [6.07, 6.45) is 0.408. The van der Waals surface area contributed by atoms with Crippen LogP contribution in [0.25, 0.3) is 0 Å². The Balaban J connectivity index is 1.66. The predicted molar refractivity (Wildman–Crippen MR) is 102 cm³/mol. The smallest absolute Gasteiger partial charge is 0.321 e. The van der Waals surface area contributed by atoms with Gasteiger partial charge in [-0.1, -0.05) is 18.2 Å². The Labute approximate surface area is 157 Å². The highest BCUT2D eigenvalue weighted by Crippen LogP contribution is 2.15. The number of phenolic OH excluding ortho intramolecular Hbond substituents is 1. The molecule has 0 bridgehead atoms. The van der Waals surface area contributed by atoms with Gasteiger partial charge in [-0.3, -0.25) is 4.79 Å². The van der Waals surface area contributed by atoms with E-state index < -0.39 is 12.1 Å². The fourth-order valence-electron chi connectivity index (χ4n) is 3.06. The van der Waals surface area contributed by atoms with E-state index in [4.69, 9.17) is 0 Å². The number of hydrogen-bond acceptors (Lipinski definition) is 4. The number of amides is 3. The molecule has 0 spiro atoms. The van der Waals surface area contributed by atoms with Crippen LogP contribution in [0.5, 0.6) is 5.75 Å². The summed E-state index contributed by atoms with van der Waals surface area (Å²) in [4.78, 5) is 26.6. The zero-order valence-corrected chi connectivity index (χ0v) is 14.8. The van der Waals surface area contributed by atoms with Crippen LogP contribution in [0.15, 0.2) is 54.6 Å². The van der Waals surface area contributed by atoms with Crippen LogP contribution in [0, 0.1) is 0 Å². The van der Waals surface area contributed by atoms with E-state index in [0.29, 0.717) is 30.6 Å². The number of anilines is 1. The highest BCUT2D eigenvalue weighted by Gasteiger charge is 2.29. The lowest BCUT2D eigenvalue weighted by Crippen LogP contribution is -2.50. The third kappa shape index (κ3) is 4.98. The predicted octanol–water partition coefficient (Wildman–Crippen LogP) is 2.18. The number of aliphatic hydroxyl groups excluding tert-OH is 1. The molecule has 0 aliphatic carbocycles. The molecule has 2 atom stereocenters. The number of phenols is 1. The van der Waals surface area contributed by atoms with Crippen molar-refractivity contribution >= 4 is 17.6 Å². The number of para-hydroxylation sites is 1. The lowest BCUT2D eigenvalue weighted by atomic mass is 10.1. The zero-order valence-electron chi connectivity index (χ0n) is 14.8. The molecule has 3 rings (SSSR count). The molecule has 0 saturated carbocycles. The number of urea groups is 1. The van der Waals surface area contributed by atoms with Gasteiger partial charge in [0.1, 0.15) is 5.75 Å². The van der Waals surface area contributed by atoms with Gasteiger partial charge in [0.25, 0.3) is 5.91 Å². The lowest BCUT2D eigenvalue weighted by Gasteiger charge is -2.27. The maximum atomic E-state index is 12.6. The second-order valence-corrected chi connectivity index (χ2v) is 6.58. The molecule has 142 valence electrons. The maximum absolute atomic E-state index is 12.6. The van der Waals surface area contributed by atoms with Crippen LogP contribution in [0.4, 0.5) is 10.5 Å². The Morgan fingerprint density at radius 3 is 2.44 bits per heavy atom. The van der Waals surface area contributed by atoms with Crippen molar-refractivity contribution in [2.24, 2.45) is 0 Å². The third-order valence-corrected chi connectivity index (χ3v) is 4.57. The second-order valence-electron chi connectivity index (χ2n) is 6.58. The summed E-state index contributed by atoms with van der Waals surface area (Å²) in [5.74, 6) is -0.283. The molecule has 2 aromatic carbocycles. The molecule has 2 unspecified atom stereocenters. The van der Waals surface area contributed by atoms with Gasteiger partial charge < -0.3 is 25.7 Å². The van der Waals surface area contributed by atoms with Gasteiger partial charge >= 0.3 is 6.03 Å². The molecule has 1 aliphatic heterocycles. The van der Waals surface area contributed by atoms with Gasteiger partial charge in [-0.2, -0.15) is 0 Å². The van der Waals surface area contributed by atoms with Crippen LogP contribution in [0.3, 0.4) is 0 Å². The van der Waals surface area contributed by atoms with Gasteiger partial charge in [0.15, 0.2) is 0 Å². The molecule has 0 radical (unpaired) electrons. The molecular weight excluding hydrogens is 346 g/mol. The van der Waals surface area contributed by atoms with Crippen molar-refractivity contribution in [3.05, 3.63) is 60.2 Å². The Morgan fingerprint density at radius 2 is 1.74 bits per heavy atom. The van der Waals surface area contributed by atoms with E-state index in [9.17, 15) is 19.8 Å². The van der Waals surface area contributed by atoms with Crippen molar-refractivity contribution in [2.75, 3.05) is 18.4 Å². The minimum absolute atomic E-state index is 0.0739. The van der Waals surface area contributed by atoms with Crippen molar-refractivity contribution in [1.29, 1.82) is 0 Å². The molecule has 1 saturated heterocycles. The first-order chi connectivity index (χ1) is 13.0. The number of rotatable bonds is 3. The lowest BCUT2D eigenvalue weighted by molar-refractivity contribution is 0.0811. The monoisotopic (exact) mass is 369 g/mol. The van der Waals surface area contributed by atoms with Gasteiger partial charge in [0.05, 0.1) is 12.1 Å². The first-order valence-corrected chi connectivity index (χ1v) is 8.92. The second kappa shape index (κ2) is 8.55. The molecule has 2 aromatic rings. The number of nitrogens with one attached hydrogen (secondary N) is 2. The van der Waals surface area contributed by atoms with Gasteiger partial charge in [-0.25, -0.2) is 4.79 Å². The van der Waals surface area contributed by atoms with Crippen molar-refractivity contribution in [3.63, 3.8) is 0 Å². The molecule has 0 aromatic heterocycles. The molecule has 4 N–H and O–H groups in total. The standard InChI is InChI=1S/C20H23N3O4/c24-16-10-8-14(9-11-16)19(26)22-17-13-23(12-4-7-18(17)25)20(27)21-15-5-2-1-3-6-15/h1-3,5-6,8-11,17-18,24-25H,4,7,12-13H2,(H,21,27)(H,22,26). The molecular formula is C20H23N3O4. The van der Waals surface area contributed by atoms with Crippen molar-refractivity contribution in [1.82, 2.24) is 10.2 Å². The van der Waals surface area contributed by atoms with Gasteiger partial charge in [-0.05, 0) is 49.2 Å². The van der Waals surface area contributed by atoms with E-state index in [1.54, 1.807) is 17.0 Å². The van der Waals surface area contributed by atoms with E-state index in [0.717, 1.165) is 0 Å². The molecule has 7 heteroatoms. The van der Waals surface area contributed by atoms with Crippen LogP contribution in [-0.2, 0) is 0 Å². The summed E-state index contributed by atoms with van der Waals surface area (Å²) in [7, 11) is 0. The van der Waals surface area contributed by atoms with Gasteiger partial charge in [-0.15, -0.1) is 0 Å². The molecule has 3 amide bonds. The number of aliphatic hydroxyl groups is 1. The quantitative estimate of drug-likeness (QED) is 0.666. The summed E-state index contributed by atoms with van der Waals surface area (Å²) >= 11 is 0. The van der Waals surface area contributed by atoms with E-state index in [1.807, 2.05) is 18.2 Å². The Bertz CT molecular complexity index is 780. The Morgan fingerprint density at radius 1 is 1.04 bits per heavy atom. The number of aromatic hydroxyl groups is 1. The average Bonchev–Trinajstić information content (AvgIpc) is 2.85. The maximum Gasteiger partial charge on any atom is 0.321 e. The van der Waals surface area contributed by atoms with E-state index in [1.165, 1.54) is 24.3 Å². The summed E-state index contributed by atoms with van der Waals surface area (Å²) in [5.41, 5.74) is 1.07. The van der Waals surface area contributed by atoms with Crippen LogP contribution in [0.1, 0.15) is 23.2 Å². The van der Waals surface area contributed by atoms with Gasteiger partial charge in [0.2, 0.25) is 0 Å². The van der Waals surface area contributed by atoms with Crippen molar-refractivity contribution in [3.8, 4) is 5.75 Å². The van der Waals surface area contributed by atoms with Crippen LogP contribution < -0.4 is 10.6 Å². The van der Waals surface area contributed by atoms with Gasteiger partial charge in [0, 0.05) is 24.3 Å². The number of hydrogen-bond donors (Lipinski definition) is 4. The van der Waals surface area contributed by atoms with Crippen LogP contribution in [0.2, 0.25) is 0 Å². The minimum Gasteiger partial charge on any atom is -0.508 e. The molecule has 1 aliphatic rings. The zero-order chi connectivity index (χ0) is 19.2. The number of likely N-dealkylation sites (tertiary alicyclic amines) is 1. The fourth-order valence-corrected chi connectivity index (χ4v) is 3.06. The van der Waals surface area contributed by atoms with Crippen molar-refractivity contribution < 1.29 is 19.8 Å². The number of carbonyl (C=O) groups excluding carboxylic acids is 2. The van der Waals surface area contributed by atoms with Crippen molar-refractivity contribution in [2.45, 2.75) is 25.0 Å². The third-order valence-electron chi connectivity index (χ3n) is 4.57. The van der Waals surface area contributed by atoms with Crippen LogP contribution >= 0.6 is 0 Å². The summed E-state index contributed by atoms with van der Waals surface area (Å²) in [6.45, 7) is 0.713. The average molecular weight is 369 g/mol. The molecule has 1 heterocycles. The topological polar surface area (TPSA) is 102 Å². The van der Waals surface area contributed by atoms with E-state index in [2.05, 4.69) is 10.6 Å². The fraction of sp³-hybridized carbons (Fsp3) is 0.300. The Hall–Kier alpha value is -3.06. The SMILES string of the molecule is O=C(NC1CN(C(=O)Nc2ccccc2)CCCC1O)c1ccc(O)cc1. The first kappa shape index (κ1) is 18.7. The normalized spacial score (nSPS) is 19.8. The summed E-state index contributed by atoms with van der Waals surface area (Å²) in [6, 6.07) is 14.2. The van der Waals surface area contributed by atoms with E-state index in [-0.39, 0.29) is 24.2 Å². The highest BCUT2D eigenvalue weighted by atomic mass is 16.3.